The fourth-order valence-corrected chi connectivity index (χ4v) is 3.38. The zero-order chi connectivity index (χ0) is 21.3. The number of hydrogen-bond acceptors (Lipinski definition) is 4. The predicted molar refractivity (Wildman–Crippen MR) is 119 cm³/mol. The molecular formula is C23H16ClN3O3. The standard InChI is InChI=1S/C23H16ClN3O3/c1-15-19(24)6-4-8-21(15)26-22(25-20-7-3-2-5-18(20)23(26)28)14-11-16-9-12-17(13-10-16)27(29)30/h2-14H,1H3/b14-11+. The van der Waals surface area contributed by atoms with Crippen molar-refractivity contribution in [2.24, 2.45) is 0 Å². The number of benzene rings is 3. The van der Waals surface area contributed by atoms with Gasteiger partial charge in [0.05, 0.1) is 21.5 Å². The van der Waals surface area contributed by atoms with E-state index in [0.717, 1.165) is 11.1 Å². The van der Waals surface area contributed by atoms with Crippen LogP contribution >= 0.6 is 11.6 Å². The van der Waals surface area contributed by atoms with Crippen LogP contribution in [0.1, 0.15) is 17.0 Å². The third-order valence-electron chi connectivity index (χ3n) is 4.81. The van der Waals surface area contributed by atoms with Crippen molar-refractivity contribution >= 4 is 40.3 Å². The number of fused-ring (bicyclic) bond motifs is 1. The summed E-state index contributed by atoms with van der Waals surface area (Å²) >= 11 is 6.29. The molecule has 0 aliphatic rings. The van der Waals surface area contributed by atoms with Crippen molar-refractivity contribution in [1.29, 1.82) is 0 Å². The maximum Gasteiger partial charge on any atom is 0.269 e. The van der Waals surface area contributed by atoms with Gasteiger partial charge in [-0.25, -0.2) is 4.98 Å². The maximum atomic E-state index is 13.3. The van der Waals surface area contributed by atoms with Crippen LogP contribution in [0.5, 0.6) is 0 Å². The van der Waals surface area contributed by atoms with Crippen LogP contribution in [0.15, 0.2) is 71.5 Å². The van der Waals surface area contributed by atoms with Crippen molar-refractivity contribution in [2.75, 3.05) is 0 Å². The van der Waals surface area contributed by atoms with Crippen molar-refractivity contribution in [3.8, 4) is 5.69 Å². The highest BCUT2D eigenvalue weighted by molar-refractivity contribution is 6.31. The Morgan fingerprint density at radius 2 is 1.73 bits per heavy atom. The Morgan fingerprint density at radius 3 is 2.47 bits per heavy atom. The summed E-state index contributed by atoms with van der Waals surface area (Å²) in [5.74, 6) is 0.433. The Bertz CT molecular complexity index is 1360. The first-order valence-electron chi connectivity index (χ1n) is 9.15. The van der Waals surface area contributed by atoms with Crippen molar-refractivity contribution in [1.82, 2.24) is 9.55 Å². The van der Waals surface area contributed by atoms with E-state index in [0.29, 0.717) is 27.4 Å². The van der Waals surface area contributed by atoms with Crippen molar-refractivity contribution in [3.05, 3.63) is 109 Å². The lowest BCUT2D eigenvalue weighted by Gasteiger charge is -2.14. The summed E-state index contributed by atoms with van der Waals surface area (Å²) in [6, 6.07) is 18.7. The number of hydrogen-bond donors (Lipinski definition) is 0. The van der Waals surface area contributed by atoms with E-state index in [-0.39, 0.29) is 11.2 Å². The highest BCUT2D eigenvalue weighted by Gasteiger charge is 2.14. The van der Waals surface area contributed by atoms with Gasteiger partial charge in [0.2, 0.25) is 0 Å². The van der Waals surface area contributed by atoms with Gasteiger partial charge in [-0.1, -0.05) is 35.9 Å². The van der Waals surface area contributed by atoms with Gasteiger partial charge >= 0.3 is 0 Å². The summed E-state index contributed by atoms with van der Waals surface area (Å²) in [5.41, 5.74) is 2.56. The molecule has 4 rings (SSSR count). The molecule has 0 spiro atoms. The maximum absolute atomic E-state index is 13.3. The minimum atomic E-state index is -0.446. The minimum absolute atomic E-state index is 0.0161. The van der Waals surface area contributed by atoms with Gasteiger partial charge in [0.1, 0.15) is 5.82 Å². The molecule has 0 N–H and O–H groups in total. The van der Waals surface area contributed by atoms with E-state index in [2.05, 4.69) is 4.98 Å². The lowest BCUT2D eigenvalue weighted by molar-refractivity contribution is -0.384. The lowest BCUT2D eigenvalue weighted by atomic mass is 10.1. The normalized spacial score (nSPS) is 11.3. The number of para-hydroxylation sites is 1. The van der Waals surface area contributed by atoms with E-state index < -0.39 is 4.92 Å². The molecule has 0 bridgehead atoms. The second-order valence-electron chi connectivity index (χ2n) is 6.69. The predicted octanol–water partition coefficient (Wildman–Crippen LogP) is 5.43. The average Bonchev–Trinajstić information content (AvgIpc) is 2.75. The molecule has 3 aromatic carbocycles. The summed E-state index contributed by atoms with van der Waals surface area (Å²) in [7, 11) is 0. The van der Waals surface area contributed by atoms with Gasteiger partial charge in [-0.3, -0.25) is 19.5 Å². The summed E-state index contributed by atoms with van der Waals surface area (Å²) in [6.45, 7) is 1.85. The molecule has 0 amide bonds. The molecular weight excluding hydrogens is 402 g/mol. The number of nitrogens with zero attached hydrogens (tertiary/aromatic N) is 3. The van der Waals surface area contributed by atoms with Crippen LogP contribution in [0.3, 0.4) is 0 Å². The number of nitro groups is 1. The van der Waals surface area contributed by atoms with Crippen LogP contribution in [0.2, 0.25) is 5.02 Å². The molecule has 148 valence electrons. The molecule has 0 aliphatic carbocycles. The highest BCUT2D eigenvalue weighted by atomic mass is 35.5. The molecule has 6 nitrogen and oxygen atoms in total. The zero-order valence-corrected chi connectivity index (χ0v) is 16.7. The second-order valence-corrected chi connectivity index (χ2v) is 7.10. The quantitative estimate of drug-likeness (QED) is 0.328. The Labute approximate surface area is 176 Å². The number of nitro benzene ring substituents is 1. The zero-order valence-electron chi connectivity index (χ0n) is 15.9. The molecule has 0 saturated heterocycles. The molecule has 0 fully saturated rings. The van der Waals surface area contributed by atoms with Crippen molar-refractivity contribution in [3.63, 3.8) is 0 Å². The molecule has 0 unspecified atom stereocenters. The molecule has 4 aromatic rings. The van der Waals surface area contributed by atoms with Gasteiger partial charge in [0, 0.05) is 17.2 Å². The second kappa shape index (κ2) is 7.93. The van der Waals surface area contributed by atoms with Crippen LogP contribution in [0.25, 0.3) is 28.7 Å². The smallest absolute Gasteiger partial charge is 0.268 e. The number of aromatic nitrogens is 2. The topological polar surface area (TPSA) is 78.0 Å². The molecule has 7 heteroatoms. The van der Waals surface area contributed by atoms with Crippen molar-refractivity contribution in [2.45, 2.75) is 6.92 Å². The Balaban J connectivity index is 1.91. The molecule has 0 aliphatic heterocycles. The van der Waals surface area contributed by atoms with E-state index in [1.54, 1.807) is 54.6 Å². The molecule has 0 saturated carbocycles. The number of halogens is 1. The Morgan fingerprint density at radius 1 is 1.00 bits per heavy atom. The molecule has 0 atom stereocenters. The Hall–Kier alpha value is -3.77. The Kier molecular flexibility index (Phi) is 5.16. The number of non-ortho nitro benzene ring substituents is 1. The van der Waals surface area contributed by atoms with Gasteiger partial charge in [-0.2, -0.15) is 0 Å². The van der Waals surface area contributed by atoms with Gasteiger partial charge in [0.15, 0.2) is 0 Å². The monoisotopic (exact) mass is 417 g/mol. The lowest BCUT2D eigenvalue weighted by Crippen LogP contribution is -2.23. The highest BCUT2D eigenvalue weighted by Crippen LogP contribution is 2.24. The molecule has 1 heterocycles. The third kappa shape index (κ3) is 3.60. The first kappa shape index (κ1) is 19.5. The molecule has 1 aromatic heterocycles. The SMILES string of the molecule is Cc1c(Cl)cccc1-n1c(/C=C/c2ccc([N+](=O)[O-])cc2)nc2ccccc2c1=O. The van der Waals surface area contributed by atoms with Gasteiger partial charge in [0.25, 0.3) is 11.2 Å². The van der Waals surface area contributed by atoms with E-state index in [9.17, 15) is 14.9 Å². The first-order valence-corrected chi connectivity index (χ1v) is 9.53. The van der Waals surface area contributed by atoms with E-state index >= 15 is 0 Å². The fourth-order valence-electron chi connectivity index (χ4n) is 3.21. The minimum Gasteiger partial charge on any atom is -0.268 e. The summed E-state index contributed by atoms with van der Waals surface area (Å²) in [6.07, 6.45) is 3.48. The van der Waals surface area contributed by atoms with Crippen LogP contribution in [0, 0.1) is 17.0 Å². The largest absolute Gasteiger partial charge is 0.269 e. The molecule has 0 radical (unpaired) electrons. The summed E-state index contributed by atoms with van der Waals surface area (Å²) < 4.78 is 1.53. The summed E-state index contributed by atoms with van der Waals surface area (Å²) in [5, 5.41) is 11.9. The van der Waals surface area contributed by atoms with E-state index in [1.807, 2.05) is 19.1 Å². The average molecular weight is 418 g/mol. The first-order chi connectivity index (χ1) is 14.5. The summed E-state index contributed by atoms with van der Waals surface area (Å²) in [4.78, 5) is 28.4. The van der Waals surface area contributed by atoms with Gasteiger partial charge < -0.3 is 0 Å². The number of rotatable bonds is 4. The van der Waals surface area contributed by atoms with E-state index in [1.165, 1.54) is 16.7 Å². The van der Waals surface area contributed by atoms with E-state index in [4.69, 9.17) is 11.6 Å². The third-order valence-corrected chi connectivity index (χ3v) is 5.22. The van der Waals surface area contributed by atoms with Crippen LogP contribution in [-0.4, -0.2) is 14.5 Å². The van der Waals surface area contributed by atoms with Crippen LogP contribution < -0.4 is 5.56 Å². The van der Waals surface area contributed by atoms with Crippen LogP contribution in [0.4, 0.5) is 5.69 Å². The van der Waals surface area contributed by atoms with Crippen LogP contribution in [-0.2, 0) is 0 Å². The van der Waals surface area contributed by atoms with Gasteiger partial charge in [-0.05, 0) is 60.5 Å². The molecule has 30 heavy (non-hydrogen) atoms. The van der Waals surface area contributed by atoms with Gasteiger partial charge in [-0.15, -0.1) is 0 Å². The fraction of sp³-hybridized carbons (Fsp3) is 0.0435. The van der Waals surface area contributed by atoms with Crippen molar-refractivity contribution < 1.29 is 4.92 Å².